The molecule has 2 aliphatic heterocycles. The lowest BCUT2D eigenvalue weighted by molar-refractivity contribution is 0.122. The van der Waals surface area contributed by atoms with Gasteiger partial charge in [0.2, 0.25) is 5.95 Å². The number of anilines is 6. The van der Waals surface area contributed by atoms with Crippen LogP contribution in [0.15, 0.2) is 42.6 Å². The van der Waals surface area contributed by atoms with Gasteiger partial charge in [0.25, 0.3) is 0 Å². The first-order chi connectivity index (χ1) is 19.5. The van der Waals surface area contributed by atoms with Crippen LogP contribution in [-0.2, 0) is 4.74 Å². The van der Waals surface area contributed by atoms with Crippen molar-refractivity contribution in [1.29, 1.82) is 0 Å². The summed E-state index contributed by atoms with van der Waals surface area (Å²) < 4.78 is 16.7. The zero-order chi connectivity index (χ0) is 27.9. The third kappa shape index (κ3) is 6.75. The number of hydrogen-bond acceptors (Lipinski definition) is 10. The second kappa shape index (κ2) is 13.2. The summed E-state index contributed by atoms with van der Waals surface area (Å²) in [5.74, 6) is 3.93. The summed E-state index contributed by atoms with van der Waals surface area (Å²) in [5, 5.41) is 9.75. The Bertz CT molecular complexity index is 1340. The van der Waals surface area contributed by atoms with E-state index in [0.717, 1.165) is 54.8 Å². The first-order valence-corrected chi connectivity index (χ1v) is 14.5. The molecule has 0 unspecified atom stereocenters. The van der Waals surface area contributed by atoms with Gasteiger partial charge in [-0.2, -0.15) is 16.7 Å². The van der Waals surface area contributed by atoms with Gasteiger partial charge in [-0.05, 0) is 24.3 Å². The van der Waals surface area contributed by atoms with E-state index in [4.69, 9.17) is 25.8 Å². The molecule has 0 spiro atoms. The number of thioether (sulfide) groups is 1. The number of nitrogens with one attached hydrogen (secondary N) is 3. The fourth-order valence-electron chi connectivity index (χ4n) is 4.43. The Morgan fingerprint density at radius 1 is 0.975 bits per heavy atom. The van der Waals surface area contributed by atoms with Gasteiger partial charge in [-0.15, -0.1) is 0 Å². The molecule has 3 N–H and O–H groups in total. The van der Waals surface area contributed by atoms with Crippen LogP contribution in [0.2, 0.25) is 5.02 Å². The summed E-state index contributed by atoms with van der Waals surface area (Å²) in [7, 11) is 3.22. The predicted molar refractivity (Wildman–Crippen MR) is 161 cm³/mol. The minimum atomic E-state index is -0.116. The number of rotatable bonds is 8. The average Bonchev–Trinajstić information content (AvgIpc) is 3.00. The summed E-state index contributed by atoms with van der Waals surface area (Å²) >= 11 is 8.28. The zero-order valence-electron chi connectivity index (χ0n) is 22.4. The molecular formula is C27H32ClN7O4S. The minimum absolute atomic E-state index is 0.116. The second-order valence-corrected chi connectivity index (χ2v) is 10.7. The van der Waals surface area contributed by atoms with Crippen LogP contribution in [-0.4, -0.2) is 86.0 Å². The molecule has 2 amide bonds. The maximum absolute atomic E-state index is 12.6. The summed E-state index contributed by atoms with van der Waals surface area (Å²) in [5.41, 5.74) is 3.05. The Labute approximate surface area is 242 Å². The molecule has 212 valence electrons. The number of urea groups is 1. The Kier molecular flexibility index (Phi) is 9.19. The van der Waals surface area contributed by atoms with Crippen LogP contribution in [0.1, 0.15) is 0 Å². The zero-order valence-corrected chi connectivity index (χ0v) is 24.0. The Morgan fingerprint density at radius 2 is 1.70 bits per heavy atom. The SMILES string of the molecule is COc1cc(NC(=O)N2CCSCC2)ccc1Nc1ncc(Cl)c(Nc2ccc(N3CCOCC3)c(OC)c2)n1. The van der Waals surface area contributed by atoms with Crippen LogP contribution in [0.3, 0.4) is 0 Å². The van der Waals surface area contributed by atoms with Gasteiger partial charge in [0, 0.05) is 61.2 Å². The summed E-state index contributed by atoms with van der Waals surface area (Å²) in [4.78, 5) is 25.5. The molecule has 1 aromatic heterocycles. The van der Waals surface area contributed by atoms with Crippen molar-refractivity contribution in [2.24, 2.45) is 0 Å². The molecule has 0 aliphatic carbocycles. The van der Waals surface area contributed by atoms with Gasteiger partial charge < -0.3 is 40.0 Å². The highest BCUT2D eigenvalue weighted by Gasteiger charge is 2.19. The van der Waals surface area contributed by atoms with Crippen molar-refractivity contribution in [3.63, 3.8) is 0 Å². The molecule has 5 rings (SSSR count). The second-order valence-electron chi connectivity index (χ2n) is 9.07. The maximum atomic E-state index is 12.6. The predicted octanol–water partition coefficient (Wildman–Crippen LogP) is 5.05. The molecule has 0 bridgehead atoms. The molecule has 2 aliphatic rings. The third-order valence-electron chi connectivity index (χ3n) is 6.54. The van der Waals surface area contributed by atoms with Crippen LogP contribution < -0.4 is 30.3 Å². The Balaban J connectivity index is 1.29. The molecular weight excluding hydrogens is 554 g/mol. The smallest absolute Gasteiger partial charge is 0.321 e. The van der Waals surface area contributed by atoms with Crippen LogP contribution >= 0.6 is 23.4 Å². The molecule has 0 radical (unpaired) electrons. The number of amides is 2. The standard InChI is InChI=1S/C27H32ClN7O4S/c1-37-23-15-19(31-27(36)35-9-13-40-14-10-35)3-5-21(23)32-26-29-17-20(28)25(33-26)30-18-4-6-22(24(16-18)38-2)34-7-11-39-12-8-34/h3-6,15-17H,7-14H2,1-2H3,(H,31,36)(H2,29,30,32,33). The summed E-state index contributed by atoms with van der Waals surface area (Å²) in [6.45, 7) is 4.48. The average molecular weight is 586 g/mol. The van der Waals surface area contributed by atoms with Crippen LogP contribution in [0.25, 0.3) is 0 Å². The van der Waals surface area contributed by atoms with Gasteiger partial charge in [0.05, 0.1) is 45.0 Å². The number of halogens is 1. The highest BCUT2D eigenvalue weighted by atomic mass is 35.5. The van der Waals surface area contributed by atoms with E-state index >= 15 is 0 Å². The lowest BCUT2D eigenvalue weighted by Gasteiger charge is -2.30. The monoisotopic (exact) mass is 585 g/mol. The highest BCUT2D eigenvalue weighted by molar-refractivity contribution is 7.99. The van der Waals surface area contributed by atoms with Crippen molar-refractivity contribution in [3.05, 3.63) is 47.6 Å². The third-order valence-corrected chi connectivity index (χ3v) is 7.76. The summed E-state index contributed by atoms with van der Waals surface area (Å²) in [6.07, 6.45) is 1.52. The lowest BCUT2D eigenvalue weighted by atomic mass is 10.2. The molecule has 0 saturated carbocycles. The molecule has 2 aromatic carbocycles. The van der Waals surface area contributed by atoms with Gasteiger partial charge >= 0.3 is 6.03 Å². The summed E-state index contributed by atoms with van der Waals surface area (Å²) in [6, 6.07) is 11.1. The van der Waals surface area contributed by atoms with Gasteiger partial charge in [-0.3, -0.25) is 0 Å². The normalized spacial score (nSPS) is 15.4. The van der Waals surface area contributed by atoms with E-state index in [1.54, 1.807) is 32.4 Å². The number of methoxy groups -OCH3 is 2. The minimum Gasteiger partial charge on any atom is -0.495 e. The number of carbonyl (C=O) groups is 1. The number of morpholine rings is 1. The van der Waals surface area contributed by atoms with Crippen molar-refractivity contribution in [1.82, 2.24) is 14.9 Å². The maximum Gasteiger partial charge on any atom is 0.321 e. The van der Waals surface area contributed by atoms with Crippen LogP contribution in [0.5, 0.6) is 11.5 Å². The van der Waals surface area contributed by atoms with E-state index in [0.29, 0.717) is 47.1 Å². The number of ether oxygens (including phenoxy) is 3. The van der Waals surface area contributed by atoms with Gasteiger partial charge in [0.1, 0.15) is 16.5 Å². The van der Waals surface area contributed by atoms with Gasteiger partial charge in [0.15, 0.2) is 5.82 Å². The molecule has 40 heavy (non-hydrogen) atoms. The van der Waals surface area contributed by atoms with E-state index < -0.39 is 0 Å². The van der Waals surface area contributed by atoms with E-state index in [2.05, 4.69) is 30.8 Å². The van der Waals surface area contributed by atoms with Crippen molar-refractivity contribution in [2.75, 3.05) is 86.0 Å². The van der Waals surface area contributed by atoms with E-state index in [-0.39, 0.29) is 6.03 Å². The fraction of sp³-hybridized carbons (Fsp3) is 0.370. The first-order valence-electron chi connectivity index (χ1n) is 12.9. The molecule has 0 atom stereocenters. The largest absolute Gasteiger partial charge is 0.495 e. The Morgan fingerprint density at radius 3 is 2.45 bits per heavy atom. The molecule has 2 saturated heterocycles. The molecule has 3 heterocycles. The van der Waals surface area contributed by atoms with Gasteiger partial charge in [-0.1, -0.05) is 11.6 Å². The van der Waals surface area contributed by atoms with Crippen molar-refractivity contribution in [3.8, 4) is 11.5 Å². The van der Waals surface area contributed by atoms with E-state index in [1.165, 1.54) is 6.20 Å². The number of aromatic nitrogens is 2. The van der Waals surface area contributed by atoms with Crippen molar-refractivity contribution in [2.45, 2.75) is 0 Å². The lowest BCUT2D eigenvalue weighted by Crippen LogP contribution is -2.40. The first kappa shape index (κ1) is 27.9. The topological polar surface area (TPSA) is 113 Å². The quantitative estimate of drug-likeness (QED) is 0.332. The van der Waals surface area contributed by atoms with Crippen molar-refractivity contribution < 1.29 is 19.0 Å². The van der Waals surface area contributed by atoms with Crippen LogP contribution in [0.4, 0.5) is 39.3 Å². The number of hydrogen-bond donors (Lipinski definition) is 3. The molecule has 11 nitrogen and oxygen atoms in total. The fourth-order valence-corrected chi connectivity index (χ4v) is 5.48. The number of nitrogens with zero attached hydrogens (tertiary/aromatic N) is 4. The Hall–Kier alpha value is -3.61. The van der Waals surface area contributed by atoms with Gasteiger partial charge in [-0.25, -0.2) is 9.78 Å². The highest BCUT2D eigenvalue weighted by Crippen LogP contribution is 2.35. The molecule has 3 aromatic rings. The molecule has 2 fully saturated rings. The molecule has 13 heteroatoms. The number of benzene rings is 2. The van der Waals surface area contributed by atoms with E-state index in [1.807, 2.05) is 34.9 Å². The number of carbonyl (C=O) groups excluding carboxylic acids is 1. The van der Waals surface area contributed by atoms with Crippen molar-refractivity contribution >= 4 is 63.9 Å². The van der Waals surface area contributed by atoms with Crippen LogP contribution in [0, 0.1) is 0 Å². The van der Waals surface area contributed by atoms with E-state index in [9.17, 15) is 4.79 Å².